The molecule has 0 saturated heterocycles. The number of hydrogen-bond acceptors (Lipinski definition) is 16. The number of halogens is 8. The van der Waals surface area contributed by atoms with Crippen LogP contribution in [-0.2, 0) is 111 Å². The van der Waals surface area contributed by atoms with Crippen molar-refractivity contribution in [2.24, 2.45) is 0 Å². The lowest BCUT2D eigenvalue weighted by atomic mass is 10.0. The Hall–Kier alpha value is -15.7. The highest BCUT2D eigenvalue weighted by atomic mass is 127. The number of carbonyl (C=O) groups is 4. The van der Waals surface area contributed by atoms with Crippen molar-refractivity contribution in [3.8, 4) is 68.0 Å². The molecule has 16 aromatic rings. The fourth-order valence-corrected chi connectivity index (χ4v) is 17.7. The number of fused-ring (bicyclic) bond motifs is 12. The van der Waals surface area contributed by atoms with Gasteiger partial charge in [-0.2, -0.15) is 0 Å². The van der Waals surface area contributed by atoms with Crippen LogP contribution >= 0.6 is 22.6 Å². The highest BCUT2D eigenvalue weighted by Crippen LogP contribution is 2.41. The van der Waals surface area contributed by atoms with Crippen LogP contribution in [0.3, 0.4) is 0 Å². The monoisotopic (exact) mass is 1980 g/mol. The molecule has 139 heavy (non-hydrogen) atoms. The third kappa shape index (κ3) is 23.3. The van der Waals surface area contributed by atoms with E-state index < -0.39 is 64.5 Å². The van der Waals surface area contributed by atoms with Crippen LogP contribution < -0.4 is 21.3 Å². The molecule has 0 fully saturated rings. The predicted octanol–water partition coefficient (Wildman–Crippen LogP) is 22.1. The van der Waals surface area contributed by atoms with Gasteiger partial charge in [-0.15, -0.1) is 0 Å². The van der Waals surface area contributed by atoms with Gasteiger partial charge in [-0.05, 0) is 264 Å². The van der Waals surface area contributed by atoms with Gasteiger partial charge in [-0.1, -0.05) is 158 Å². The number of nitrogens with one attached hydrogen (secondary N) is 4. The molecule has 8 N–H and O–H groups in total. The van der Waals surface area contributed by atoms with Crippen molar-refractivity contribution in [3.05, 3.63) is 424 Å². The van der Waals surface area contributed by atoms with E-state index in [9.17, 15) is 70.3 Å². The van der Waals surface area contributed by atoms with Crippen LogP contribution in [0.1, 0.15) is 143 Å². The Kier molecular flexibility index (Phi) is 29.8. The maximum absolute atomic E-state index is 14.2. The van der Waals surface area contributed by atoms with Crippen molar-refractivity contribution in [2.75, 3.05) is 21.3 Å². The number of benzene rings is 12. The molecular weight excluding hydrogens is 1890 g/mol. The van der Waals surface area contributed by atoms with E-state index in [0.717, 1.165) is 185 Å². The molecule has 0 spiro atoms. The molecule has 4 aliphatic carbocycles. The van der Waals surface area contributed by atoms with Crippen LogP contribution in [-0.4, -0.2) is 83.9 Å². The first kappa shape index (κ1) is 95.0. The number of anilines is 4. The molecule has 4 aliphatic rings. The molecule has 4 amide bonds. The van der Waals surface area contributed by atoms with Crippen molar-refractivity contribution >= 4 is 69.5 Å². The molecule has 4 aromatic heterocycles. The second kappa shape index (κ2) is 43.5. The molecule has 0 radical (unpaired) electrons. The minimum atomic E-state index is -2.29. The Balaban J connectivity index is 0.000000128. The number of aryl methyl sites for hydroxylation is 8. The van der Waals surface area contributed by atoms with Gasteiger partial charge in [0.15, 0.2) is 58.2 Å². The van der Waals surface area contributed by atoms with Crippen molar-refractivity contribution in [1.82, 2.24) is 39.9 Å². The van der Waals surface area contributed by atoms with E-state index in [2.05, 4.69) is 61.0 Å². The Morgan fingerprint density at radius 1 is 0.281 bits per heavy atom. The molecule has 0 unspecified atom stereocenters. The number of aromatic hydroxyl groups is 4. The minimum absolute atomic E-state index is 0.0312. The summed E-state index contributed by atoms with van der Waals surface area (Å²) in [5.41, 5.74) is 21.0. The molecule has 20 rings (SSSR count). The van der Waals surface area contributed by atoms with Gasteiger partial charge in [0, 0.05) is 62.6 Å². The lowest BCUT2D eigenvalue weighted by Crippen LogP contribution is -2.21. The number of carbonyl (C=O) groups excluding carboxylic acids is 4. The third-order valence-corrected chi connectivity index (χ3v) is 24.9. The number of amides is 4. The molecule has 12 aromatic carbocycles. The van der Waals surface area contributed by atoms with Crippen LogP contribution in [0.5, 0.6) is 23.0 Å². The Bertz CT molecular complexity index is 7280. The van der Waals surface area contributed by atoms with E-state index in [0.29, 0.717) is 96.3 Å². The average molecular weight is 1980 g/mol. The topological polar surface area (TPSA) is 300 Å². The molecule has 28 heteroatoms. The third-order valence-electron chi connectivity index (χ3n) is 24.1. The molecule has 0 aliphatic heterocycles. The predicted molar refractivity (Wildman–Crippen MR) is 525 cm³/mol. The van der Waals surface area contributed by atoms with E-state index >= 15 is 0 Å². The summed E-state index contributed by atoms with van der Waals surface area (Å²) in [5, 5.41) is 51.1. The highest BCUT2D eigenvalue weighted by Gasteiger charge is 2.32. The second-order valence-corrected chi connectivity index (χ2v) is 35.4. The first-order valence-corrected chi connectivity index (χ1v) is 46.5. The van der Waals surface area contributed by atoms with Crippen LogP contribution in [0.2, 0.25) is 0 Å². The van der Waals surface area contributed by atoms with Gasteiger partial charge in [-0.25, -0.2) is 70.6 Å². The van der Waals surface area contributed by atoms with Crippen LogP contribution in [0, 0.1) is 44.3 Å². The quantitative estimate of drug-likeness (QED) is 0.0161. The number of phenols is 4. The summed E-state index contributed by atoms with van der Waals surface area (Å²) < 4.78 is 97.0. The molecule has 20 nitrogen and oxygen atoms in total. The Morgan fingerprint density at radius 2 is 0.568 bits per heavy atom. The van der Waals surface area contributed by atoms with Crippen molar-refractivity contribution in [3.63, 3.8) is 0 Å². The van der Waals surface area contributed by atoms with Crippen LogP contribution in [0.15, 0.2) is 267 Å². The molecule has 0 saturated carbocycles. The van der Waals surface area contributed by atoms with Gasteiger partial charge in [0.1, 0.15) is 23.0 Å². The normalized spacial score (nSPS) is 12.4. The fourth-order valence-electron chi connectivity index (χ4n) is 17.4. The van der Waals surface area contributed by atoms with Crippen molar-refractivity contribution in [2.45, 2.75) is 122 Å². The van der Waals surface area contributed by atoms with Crippen molar-refractivity contribution in [1.29, 1.82) is 0 Å². The van der Waals surface area contributed by atoms with Gasteiger partial charge in [-0.3, -0.25) is 19.2 Å². The van der Waals surface area contributed by atoms with Crippen molar-refractivity contribution < 1.29 is 70.3 Å². The number of phenolic OH excluding ortho intramolecular Hbond substituents is 4. The summed E-state index contributed by atoms with van der Waals surface area (Å²) in [6.07, 6.45) is 10.1. The molecule has 698 valence electrons. The maximum Gasteiger partial charge on any atom is 0.256 e. The number of rotatable bonds is 19. The van der Waals surface area contributed by atoms with E-state index in [1.165, 1.54) is 6.07 Å². The fraction of sp³-hybridized carbons (Fsp3) is 0.171. The molecular formula is C111H90F7IN12O8. The standard InChI is InChI=1S/C28H20F5N3O2.C28H23F2N3O2.C28H24IN3O2.C27H23N3O2/c29-22-18(23(30)25(32)26(33)24(22)31)13-21(38)36-28-20(11-14-5-2-1-3-6-14)34-27-17-10-9-16(37)12-15(17)7-4-8-19(27)35-28;29-22-12-9-18(13-23(22)30)15-26(35)33-28-25(14-17-5-2-1-3-6-17)31-27-21-11-10-20(34)16-19(21)7-4-8-24(27)32-28;29-21-11-9-19(10-12-21)16-26(34)32-28-25(15-18-5-2-1-3-6-18)30-27-23-14-13-22(33)17-20(23)7-4-8-24(27)31-28;31-21-14-15-22-20(17-21)12-7-13-23-25(22)28-24(16-18-8-3-1-4-9-18)26(29-23)30-27(32)19-10-5-2-6-11-19/h1-3,5-6,9-10,12,37H,4,7-8,11,13H2,(H,35,36,38);1-3,5-6,9-13,16,34H,4,7-8,14-15H2,(H,32,33,35);1-3,5-6,9-14,17,33H,4,7-8,15-16H2,(H,31,32,34);1-6,8-11,14-15,17,31H,7,12-13,16H2,(H,29,30,32). The summed E-state index contributed by atoms with van der Waals surface area (Å²) in [7, 11) is 0. The van der Waals surface area contributed by atoms with Crippen LogP contribution in [0.4, 0.5) is 54.0 Å². The summed E-state index contributed by atoms with van der Waals surface area (Å²) in [5.74, 6) is -12.0. The zero-order valence-corrected chi connectivity index (χ0v) is 77.0. The van der Waals surface area contributed by atoms with Gasteiger partial charge >= 0.3 is 0 Å². The lowest BCUT2D eigenvalue weighted by Gasteiger charge is -2.16. The SMILES string of the molecule is O=C(Cc1c(F)c(F)c(F)c(F)c1F)Nc1nc2c(nc1Cc1ccccc1)-c1ccc(O)cc1CCC2.O=C(Cc1ccc(F)c(F)c1)Nc1nc2c(nc1Cc1ccccc1)-c1ccc(O)cc1CCC2.O=C(Cc1ccc(I)cc1)Nc1nc2c(nc1Cc1ccccc1)-c1ccc(O)cc1CCC2.O=C(Nc1nc2c(nc1Cc1ccccc1)-c1ccc(O)cc1CCC2)c1ccccc1. The minimum Gasteiger partial charge on any atom is -0.508 e. The Labute approximate surface area is 809 Å². The van der Waals surface area contributed by atoms with E-state index in [4.69, 9.17) is 34.9 Å². The van der Waals surface area contributed by atoms with Gasteiger partial charge in [0.25, 0.3) is 5.91 Å². The van der Waals surface area contributed by atoms with E-state index in [-0.39, 0.29) is 59.9 Å². The summed E-state index contributed by atoms with van der Waals surface area (Å²) in [6, 6.07) is 80.7. The molecule has 0 atom stereocenters. The van der Waals surface area contributed by atoms with Gasteiger partial charge < -0.3 is 41.7 Å². The lowest BCUT2D eigenvalue weighted by molar-refractivity contribution is -0.116. The number of aromatic nitrogens is 8. The first-order chi connectivity index (χ1) is 67.4. The summed E-state index contributed by atoms with van der Waals surface area (Å²) in [4.78, 5) is 90.5. The summed E-state index contributed by atoms with van der Waals surface area (Å²) >= 11 is 2.26. The van der Waals surface area contributed by atoms with E-state index in [1.807, 2.05) is 182 Å². The smallest absolute Gasteiger partial charge is 0.256 e. The maximum atomic E-state index is 14.2. The van der Waals surface area contributed by atoms with E-state index in [1.54, 1.807) is 54.6 Å². The summed E-state index contributed by atoms with van der Waals surface area (Å²) in [6.45, 7) is 0. The number of hydrogen-bond donors (Lipinski definition) is 8. The molecule has 0 bridgehead atoms. The van der Waals surface area contributed by atoms with Gasteiger partial charge in [0.05, 0.1) is 87.6 Å². The zero-order valence-electron chi connectivity index (χ0n) is 74.9. The van der Waals surface area contributed by atoms with Gasteiger partial charge in [0.2, 0.25) is 23.5 Å². The van der Waals surface area contributed by atoms with Crippen LogP contribution in [0.25, 0.3) is 45.0 Å². The average Bonchev–Trinajstić information content (AvgIpc) is 1.74. The molecule has 4 heterocycles. The highest BCUT2D eigenvalue weighted by molar-refractivity contribution is 14.1. The first-order valence-electron chi connectivity index (χ1n) is 45.4. The Morgan fingerprint density at radius 3 is 0.892 bits per heavy atom. The number of nitrogens with zero attached hydrogens (tertiary/aromatic N) is 8. The second-order valence-electron chi connectivity index (χ2n) is 34.1. The zero-order chi connectivity index (χ0) is 96.7. The largest absolute Gasteiger partial charge is 0.508 e.